The molecule has 124 valence electrons. The third-order valence-electron chi connectivity index (χ3n) is 3.82. The molecule has 5 heteroatoms. The molecule has 1 aliphatic carbocycles. The van der Waals surface area contributed by atoms with Crippen molar-refractivity contribution < 1.29 is 14.3 Å². The zero-order valence-electron chi connectivity index (χ0n) is 13.4. The van der Waals surface area contributed by atoms with Gasteiger partial charge in [-0.3, -0.25) is 4.79 Å². The first kappa shape index (κ1) is 16.6. The summed E-state index contributed by atoms with van der Waals surface area (Å²) in [7, 11) is 0. The quantitative estimate of drug-likeness (QED) is 0.644. The van der Waals surface area contributed by atoms with Gasteiger partial charge in [0.15, 0.2) is 0 Å². The molecule has 0 radical (unpaired) electrons. The van der Waals surface area contributed by atoms with Crippen molar-refractivity contribution in [2.75, 3.05) is 6.26 Å². The van der Waals surface area contributed by atoms with Gasteiger partial charge in [0, 0.05) is 16.5 Å². The Labute approximate surface area is 145 Å². The SMILES string of the molecule is CSc1ccccc1C(=O)O[C@H](C(=O)NC1CC1)c1ccccc1. The molecule has 1 N–H and O–H groups in total. The van der Waals surface area contributed by atoms with Gasteiger partial charge >= 0.3 is 5.97 Å². The van der Waals surface area contributed by atoms with Crippen LogP contribution in [0.3, 0.4) is 0 Å². The fourth-order valence-electron chi connectivity index (χ4n) is 2.39. The Morgan fingerprint density at radius 2 is 1.75 bits per heavy atom. The van der Waals surface area contributed by atoms with Gasteiger partial charge in [0.05, 0.1) is 5.56 Å². The van der Waals surface area contributed by atoms with Gasteiger partial charge in [-0.25, -0.2) is 4.79 Å². The van der Waals surface area contributed by atoms with Crippen LogP contribution in [-0.4, -0.2) is 24.2 Å². The predicted octanol–water partition coefficient (Wildman–Crippen LogP) is 3.59. The fourth-order valence-corrected chi connectivity index (χ4v) is 2.98. The maximum atomic E-state index is 12.6. The second-order valence-corrected chi connectivity index (χ2v) is 6.53. The third-order valence-corrected chi connectivity index (χ3v) is 4.61. The molecule has 0 unspecified atom stereocenters. The molecule has 1 atom stereocenters. The summed E-state index contributed by atoms with van der Waals surface area (Å²) in [5, 5.41) is 2.92. The number of benzene rings is 2. The van der Waals surface area contributed by atoms with E-state index in [1.807, 2.05) is 36.6 Å². The number of hydrogen-bond donors (Lipinski definition) is 1. The molecule has 4 nitrogen and oxygen atoms in total. The van der Waals surface area contributed by atoms with Gasteiger partial charge in [0.25, 0.3) is 5.91 Å². The van der Waals surface area contributed by atoms with Crippen LogP contribution in [0, 0.1) is 0 Å². The molecule has 2 aromatic carbocycles. The lowest BCUT2D eigenvalue weighted by Gasteiger charge is -2.18. The van der Waals surface area contributed by atoms with Crippen LogP contribution in [0.1, 0.15) is 34.9 Å². The zero-order valence-corrected chi connectivity index (χ0v) is 14.2. The topological polar surface area (TPSA) is 55.4 Å². The summed E-state index contributed by atoms with van der Waals surface area (Å²) in [6, 6.07) is 16.6. The smallest absolute Gasteiger partial charge is 0.340 e. The van der Waals surface area contributed by atoms with Crippen LogP contribution in [0.25, 0.3) is 0 Å². The van der Waals surface area contributed by atoms with Crippen molar-refractivity contribution in [1.29, 1.82) is 0 Å². The minimum absolute atomic E-state index is 0.209. The van der Waals surface area contributed by atoms with Crippen molar-refractivity contribution in [3.8, 4) is 0 Å². The summed E-state index contributed by atoms with van der Waals surface area (Å²) in [5.74, 6) is -0.751. The van der Waals surface area contributed by atoms with E-state index in [9.17, 15) is 9.59 Å². The van der Waals surface area contributed by atoms with Crippen molar-refractivity contribution in [2.24, 2.45) is 0 Å². The normalized spacial score (nSPS) is 14.7. The monoisotopic (exact) mass is 341 g/mol. The number of nitrogens with one attached hydrogen (secondary N) is 1. The average Bonchev–Trinajstić information content (AvgIpc) is 3.44. The molecule has 0 heterocycles. The third kappa shape index (κ3) is 3.97. The van der Waals surface area contributed by atoms with Gasteiger partial charge in [0.2, 0.25) is 6.10 Å². The summed E-state index contributed by atoms with van der Waals surface area (Å²) < 4.78 is 5.59. The lowest BCUT2D eigenvalue weighted by Crippen LogP contribution is -2.33. The maximum Gasteiger partial charge on any atom is 0.340 e. The van der Waals surface area contributed by atoms with E-state index in [1.54, 1.807) is 24.3 Å². The first-order chi connectivity index (χ1) is 11.7. The highest BCUT2D eigenvalue weighted by atomic mass is 32.2. The summed E-state index contributed by atoms with van der Waals surface area (Å²) in [5.41, 5.74) is 1.15. The molecule has 3 rings (SSSR count). The van der Waals surface area contributed by atoms with E-state index in [0.717, 1.165) is 17.7 Å². The predicted molar refractivity (Wildman–Crippen MR) is 94.0 cm³/mol. The Morgan fingerprint density at radius 1 is 1.08 bits per heavy atom. The van der Waals surface area contributed by atoms with Crippen LogP contribution in [0.2, 0.25) is 0 Å². The largest absolute Gasteiger partial charge is 0.444 e. The van der Waals surface area contributed by atoms with Crippen LogP contribution >= 0.6 is 11.8 Å². The van der Waals surface area contributed by atoms with E-state index in [-0.39, 0.29) is 11.9 Å². The van der Waals surface area contributed by atoms with Gasteiger partial charge in [0.1, 0.15) is 0 Å². The van der Waals surface area contributed by atoms with E-state index in [2.05, 4.69) is 5.32 Å². The number of amides is 1. The fraction of sp³-hybridized carbons (Fsp3) is 0.263. The van der Waals surface area contributed by atoms with Crippen molar-refractivity contribution in [3.63, 3.8) is 0 Å². The van der Waals surface area contributed by atoms with Crippen LogP contribution in [0.15, 0.2) is 59.5 Å². The molecule has 0 bridgehead atoms. The first-order valence-corrected chi connectivity index (χ1v) is 9.11. The van der Waals surface area contributed by atoms with E-state index < -0.39 is 12.1 Å². The molecule has 0 aromatic heterocycles. The lowest BCUT2D eigenvalue weighted by molar-refractivity contribution is -0.130. The molecule has 24 heavy (non-hydrogen) atoms. The highest BCUT2D eigenvalue weighted by molar-refractivity contribution is 7.98. The van der Waals surface area contributed by atoms with Crippen molar-refractivity contribution in [2.45, 2.75) is 29.9 Å². The Morgan fingerprint density at radius 3 is 2.42 bits per heavy atom. The first-order valence-electron chi connectivity index (χ1n) is 7.88. The minimum atomic E-state index is -0.936. The highest BCUT2D eigenvalue weighted by Gasteiger charge is 2.31. The van der Waals surface area contributed by atoms with E-state index in [1.165, 1.54) is 11.8 Å². The van der Waals surface area contributed by atoms with Crippen molar-refractivity contribution in [3.05, 3.63) is 65.7 Å². The molecule has 1 amide bonds. The Kier molecular flexibility index (Phi) is 5.20. The second-order valence-electron chi connectivity index (χ2n) is 5.68. The number of ether oxygens (including phenoxy) is 1. The Hall–Kier alpha value is -2.27. The van der Waals surface area contributed by atoms with Gasteiger partial charge in [-0.15, -0.1) is 11.8 Å². The standard InChI is InChI=1S/C19H19NO3S/c1-24-16-10-6-5-9-15(16)19(22)23-17(13-7-3-2-4-8-13)18(21)20-14-11-12-14/h2-10,14,17H,11-12H2,1H3,(H,20,21)/t17-/m0/s1. The highest BCUT2D eigenvalue weighted by Crippen LogP contribution is 2.26. The minimum Gasteiger partial charge on any atom is -0.444 e. The van der Waals surface area contributed by atoms with Crippen LogP contribution < -0.4 is 5.32 Å². The van der Waals surface area contributed by atoms with Gasteiger partial charge in [-0.2, -0.15) is 0 Å². The molecule has 0 spiro atoms. The van der Waals surface area contributed by atoms with E-state index in [0.29, 0.717) is 11.1 Å². The van der Waals surface area contributed by atoms with Crippen molar-refractivity contribution in [1.82, 2.24) is 5.32 Å². The molecule has 1 aliphatic rings. The Balaban J connectivity index is 1.83. The molecule has 1 fully saturated rings. The van der Waals surface area contributed by atoms with E-state index >= 15 is 0 Å². The zero-order chi connectivity index (χ0) is 16.9. The average molecular weight is 341 g/mol. The molecule has 0 aliphatic heterocycles. The molecule has 1 saturated carbocycles. The number of carbonyl (C=O) groups excluding carboxylic acids is 2. The van der Waals surface area contributed by atoms with Gasteiger partial charge in [-0.1, -0.05) is 42.5 Å². The maximum absolute atomic E-state index is 12.6. The van der Waals surface area contributed by atoms with Gasteiger partial charge < -0.3 is 10.1 Å². The lowest BCUT2D eigenvalue weighted by atomic mass is 10.1. The van der Waals surface area contributed by atoms with E-state index in [4.69, 9.17) is 4.74 Å². The second kappa shape index (κ2) is 7.53. The summed E-state index contributed by atoms with van der Waals surface area (Å²) >= 11 is 1.47. The number of thioether (sulfide) groups is 1. The number of esters is 1. The number of carbonyl (C=O) groups is 2. The van der Waals surface area contributed by atoms with Gasteiger partial charge in [-0.05, 0) is 31.2 Å². The number of rotatable bonds is 6. The van der Waals surface area contributed by atoms with Crippen LogP contribution in [0.5, 0.6) is 0 Å². The molecular formula is C19H19NO3S. The molecular weight excluding hydrogens is 322 g/mol. The summed E-state index contributed by atoms with van der Waals surface area (Å²) in [4.78, 5) is 26.0. The molecule has 2 aromatic rings. The summed E-state index contributed by atoms with van der Waals surface area (Å²) in [6.45, 7) is 0. The Bertz CT molecular complexity index is 728. The molecule has 0 saturated heterocycles. The number of hydrogen-bond acceptors (Lipinski definition) is 4. The van der Waals surface area contributed by atoms with Crippen molar-refractivity contribution >= 4 is 23.6 Å². The van der Waals surface area contributed by atoms with Crippen LogP contribution in [-0.2, 0) is 9.53 Å². The van der Waals surface area contributed by atoms with Crippen LogP contribution in [0.4, 0.5) is 0 Å². The summed E-state index contributed by atoms with van der Waals surface area (Å²) in [6.07, 6.45) is 2.93.